The van der Waals surface area contributed by atoms with Crippen molar-refractivity contribution in [3.05, 3.63) is 23.0 Å². The Hall–Kier alpha value is -1.29. The molecule has 1 amide bonds. The summed E-state index contributed by atoms with van der Waals surface area (Å²) in [6.07, 6.45) is 2.59. The van der Waals surface area contributed by atoms with Crippen LogP contribution in [0, 0.1) is 11.8 Å². The highest BCUT2D eigenvalue weighted by Gasteiger charge is 2.32. The molecule has 1 saturated carbocycles. The first kappa shape index (κ1) is 11.2. The van der Waals surface area contributed by atoms with Crippen molar-refractivity contribution in [2.45, 2.75) is 13.3 Å². The van der Waals surface area contributed by atoms with Crippen LogP contribution in [-0.2, 0) is 0 Å². The fourth-order valence-corrected chi connectivity index (χ4v) is 1.80. The number of carbonyl (C=O) groups excluding carboxylic acids is 1. The van der Waals surface area contributed by atoms with Crippen LogP contribution in [0.3, 0.4) is 0 Å². The number of nitrogen functional groups attached to an aromatic ring is 1. The number of hydrogen-bond donors (Lipinski definition) is 2. The van der Waals surface area contributed by atoms with Crippen LogP contribution in [-0.4, -0.2) is 17.4 Å². The maximum atomic E-state index is 11.8. The van der Waals surface area contributed by atoms with E-state index in [9.17, 15) is 4.79 Å². The van der Waals surface area contributed by atoms with Gasteiger partial charge in [0.1, 0.15) is 5.15 Å². The number of nitrogens with zero attached hydrogens (tertiary/aromatic N) is 1. The number of nitrogens with two attached hydrogens (primary N) is 1. The summed E-state index contributed by atoms with van der Waals surface area (Å²) in [6.45, 7) is 2.88. The van der Waals surface area contributed by atoms with Crippen LogP contribution in [0.1, 0.15) is 23.7 Å². The van der Waals surface area contributed by atoms with Crippen LogP contribution in [0.4, 0.5) is 5.69 Å². The first-order chi connectivity index (χ1) is 7.58. The summed E-state index contributed by atoms with van der Waals surface area (Å²) in [7, 11) is 0. The molecule has 0 radical (unpaired) electrons. The molecule has 0 bridgehead atoms. The second-order valence-electron chi connectivity index (χ2n) is 4.28. The van der Waals surface area contributed by atoms with Gasteiger partial charge in [-0.2, -0.15) is 0 Å². The summed E-state index contributed by atoms with van der Waals surface area (Å²) in [5, 5.41) is 3.13. The van der Waals surface area contributed by atoms with E-state index in [-0.39, 0.29) is 11.1 Å². The summed E-state index contributed by atoms with van der Waals surface area (Å²) in [6, 6.07) is 1.49. The van der Waals surface area contributed by atoms with Crippen molar-refractivity contribution in [3.63, 3.8) is 0 Å². The van der Waals surface area contributed by atoms with E-state index in [2.05, 4.69) is 17.2 Å². The molecule has 4 nitrogen and oxygen atoms in total. The molecule has 2 rings (SSSR count). The van der Waals surface area contributed by atoms with E-state index in [1.54, 1.807) is 0 Å². The van der Waals surface area contributed by atoms with Gasteiger partial charge in [-0.05, 0) is 24.3 Å². The number of pyridine rings is 1. The van der Waals surface area contributed by atoms with Gasteiger partial charge in [-0.25, -0.2) is 4.98 Å². The minimum Gasteiger partial charge on any atom is -0.397 e. The van der Waals surface area contributed by atoms with Crippen LogP contribution in [0.25, 0.3) is 0 Å². The highest BCUT2D eigenvalue weighted by atomic mass is 35.5. The van der Waals surface area contributed by atoms with Crippen molar-refractivity contribution >= 4 is 23.2 Å². The highest BCUT2D eigenvalue weighted by molar-refractivity contribution is 6.29. The summed E-state index contributed by atoms with van der Waals surface area (Å²) in [5.41, 5.74) is 6.41. The van der Waals surface area contributed by atoms with Crippen LogP contribution in [0.2, 0.25) is 5.15 Å². The van der Waals surface area contributed by atoms with Crippen molar-refractivity contribution in [1.29, 1.82) is 0 Å². The Bertz CT molecular complexity index is 422. The average Bonchev–Trinajstić information content (AvgIpc) is 2.95. The molecule has 5 heteroatoms. The summed E-state index contributed by atoms with van der Waals surface area (Å²) < 4.78 is 0. The lowest BCUT2D eigenvalue weighted by Gasteiger charge is -2.06. The van der Waals surface area contributed by atoms with Gasteiger partial charge in [0.25, 0.3) is 5.91 Å². The Balaban J connectivity index is 1.99. The molecule has 0 aliphatic heterocycles. The molecule has 2 atom stereocenters. The van der Waals surface area contributed by atoms with E-state index >= 15 is 0 Å². The SMILES string of the molecule is CC1CC1CNC(=O)c1cc(Cl)ncc1N. The standard InChI is InChI=1S/C11H14ClN3O/c1-6-2-7(6)4-15-11(16)8-3-10(12)14-5-9(8)13/h3,5-7H,2,4,13H2,1H3,(H,15,16). The van der Waals surface area contributed by atoms with Crippen LogP contribution >= 0.6 is 11.6 Å². The van der Waals surface area contributed by atoms with Crippen molar-refractivity contribution in [3.8, 4) is 0 Å². The van der Waals surface area contributed by atoms with Gasteiger partial charge in [0, 0.05) is 6.54 Å². The van der Waals surface area contributed by atoms with Gasteiger partial charge in [-0.3, -0.25) is 4.79 Å². The Morgan fingerprint density at radius 2 is 2.44 bits per heavy atom. The Kier molecular flexibility index (Phi) is 3.01. The maximum Gasteiger partial charge on any atom is 0.253 e. The smallest absolute Gasteiger partial charge is 0.253 e. The minimum atomic E-state index is -0.180. The summed E-state index contributed by atoms with van der Waals surface area (Å²) in [5.74, 6) is 1.15. The van der Waals surface area contributed by atoms with E-state index in [1.165, 1.54) is 18.7 Å². The predicted molar refractivity (Wildman–Crippen MR) is 63.3 cm³/mol. The molecule has 1 heterocycles. The van der Waals surface area contributed by atoms with Gasteiger partial charge < -0.3 is 11.1 Å². The molecule has 2 unspecified atom stereocenters. The van der Waals surface area contributed by atoms with Gasteiger partial charge in [-0.1, -0.05) is 18.5 Å². The van der Waals surface area contributed by atoms with Crippen molar-refractivity contribution < 1.29 is 4.79 Å². The number of amides is 1. The maximum absolute atomic E-state index is 11.8. The molecule has 0 saturated heterocycles. The van der Waals surface area contributed by atoms with Crippen LogP contribution in [0.15, 0.2) is 12.3 Å². The molecule has 86 valence electrons. The number of aromatic nitrogens is 1. The van der Waals surface area contributed by atoms with Crippen molar-refractivity contribution in [2.75, 3.05) is 12.3 Å². The Morgan fingerprint density at radius 3 is 3.06 bits per heavy atom. The van der Waals surface area contributed by atoms with Crippen LogP contribution in [0.5, 0.6) is 0 Å². The molecule has 3 N–H and O–H groups in total. The Morgan fingerprint density at radius 1 is 1.75 bits per heavy atom. The number of rotatable bonds is 3. The lowest BCUT2D eigenvalue weighted by atomic mass is 10.2. The third kappa shape index (κ3) is 2.44. The average molecular weight is 240 g/mol. The van der Waals surface area contributed by atoms with Gasteiger partial charge in [0.2, 0.25) is 0 Å². The zero-order valence-corrected chi connectivity index (χ0v) is 9.79. The first-order valence-corrected chi connectivity index (χ1v) is 5.65. The molecule has 1 aromatic heterocycles. The molecule has 1 fully saturated rings. The third-order valence-corrected chi connectivity index (χ3v) is 3.15. The van der Waals surface area contributed by atoms with E-state index in [0.29, 0.717) is 23.7 Å². The molecule has 0 spiro atoms. The van der Waals surface area contributed by atoms with Gasteiger partial charge in [0.05, 0.1) is 17.4 Å². The fourth-order valence-electron chi connectivity index (χ4n) is 1.64. The second kappa shape index (κ2) is 4.29. The zero-order valence-electron chi connectivity index (χ0n) is 9.03. The van der Waals surface area contributed by atoms with E-state index in [0.717, 1.165) is 5.92 Å². The third-order valence-electron chi connectivity index (χ3n) is 2.95. The van der Waals surface area contributed by atoms with Gasteiger partial charge in [0.15, 0.2) is 0 Å². The molecule has 1 aliphatic rings. The number of anilines is 1. The predicted octanol–water partition coefficient (Wildman–Crippen LogP) is 1.70. The molecule has 1 aromatic rings. The number of nitrogens with one attached hydrogen (secondary N) is 1. The first-order valence-electron chi connectivity index (χ1n) is 5.27. The molecular formula is C11H14ClN3O. The highest BCUT2D eigenvalue weighted by Crippen LogP contribution is 2.36. The molecule has 0 aromatic carbocycles. The van der Waals surface area contributed by atoms with Crippen molar-refractivity contribution in [1.82, 2.24) is 10.3 Å². The monoisotopic (exact) mass is 239 g/mol. The topological polar surface area (TPSA) is 68.0 Å². The molecule has 1 aliphatic carbocycles. The second-order valence-corrected chi connectivity index (χ2v) is 4.66. The summed E-state index contributed by atoms with van der Waals surface area (Å²) >= 11 is 5.71. The Labute approximate surface area is 99.2 Å². The van der Waals surface area contributed by atoms with Gasteiger partial charge in [-0.15, -0.1) is 0 Å². The molecule has 16 heavy (non-hydrogen) atoms. The number of halogens is 1. The number of hydrogen-bond acceptors (Lipinski definition) is 3. The number of carbonyl (C=O) groups is 1. The summed E-state index contributed by atoms with van der Waals surface area (Å²) in [4.78, 5) is 15.6. The zero-order chi connectivity index (χ0) is 11.7. The van der Waals surface area contributed by atoms with Crippen LogP contribution < -0.4 is 11.1 Å². The van der Waals surface area contributed by atoms with E-state index < -0.39 is 0 Å². The normalized spacial score (nSPS) is 22.9. The van der Waals surface area contributed by atoms with E-state index in [4.69, 9.17) is 17.3 Å². The lowest BCUT2D eigenvalue weighted by Crippen LogP contribution is -2.26. The quantitative estimate of drug-likeness (QED) is 0.789. The van der Waals surface area contributed by atoms with Gasteiger partial charge >= 0.3 is 0 Å². The minimum absolute atomic E-state index is 0.180. The fraction of sp³-hybridized carbons (Fsp3) is 0.455. The van der Waals surface area contributed by atoms with E-state index in [1.807, 2.05) is 0 Å². The molecular weight excluding hydrogens is 226 g/mol. The lowest BCUT2D eigenvalue weighted by molar-refractivity contribution is 0.0952. The largest absolute Gasteiger partial charge is 0.397 e. The van der Waals surface area contributed by atoms with Crippen molar-refractivity contribution in [2.24, 2.45) is 11.8 Å².